The van der Waals surface area contributed by atoms with E-state index >= 15 is 0 Å². The first kappa shape index (κ1) is 17.5. The number of alkyl halides is 3. The molecule has 2 N–H and O–H groups in total. The summed E-state index contributed by atoms with van der Waals surface area (Å²) in [6.07, 6.45) is -5.15. The van der Waals surface area contributed by atoms with Crippen LogP contribution in [0, 0.1) is 0 Å². The standard InChI is InChI=1S/C15H16F3N3O4/c16-15(17,18)14(23)11(19-13(22)10-4-2-1-3-5-10)12(20-25-14)21-6-8-24-9-7-21/h1-5,11,23H,6-9H2,(H,19,22)/t11-,14+/m1/s1. The molecule has 3 rings (SSSR count). The van der Waals surface area contributed by atoms with Gasteiger partial charge in [0.2, 0.25) is 0 Å². The summed E-state index contributed by atoms with van der Waals surface area (Å²) in [4.78, 5) is 18.1. The van der Waals surface area contributed by atoms with E-state index in [9.17, 15) is 23.1 Å². The van der Waals surface area contributed by atoms with Gasteiger partial charge in [-0.2, -0.15) is 13.2 Å². The van der Waals surface area contributed by atoms with E-state index in [4.69, 9.17) is 4.74 Å². The number of hydrogen-bond donors (Lipinski definition) is 2. The van der Waals surface area contributed by atoms with Crippen molar-refractivity contribution in [2.75, 3.05) is 26.3 Å². The molecule has 1 amide bonds. The van der Waals surface area contributed by atoms with Crippen molar-refractivity contribution in [2.24, 2.45) is 5.16 Å². The van der Waals surface area contributed by atoms with Crippen LogP contribution in [0.2, 0.25) is 0 Å². The van der Waals surface area contributed by atoms with Crippen LogP contribution in [0.3, 0.4) is 0 Å². The average molecular weight is 359 g/mol. The van der Waals surface area contributed by atoms with E-state index in [0.717, 1.165) is 0 Å². The summed E-state index contributed by atoms with van der Waals surface area (Å²) in [5.41, 5.74) is 0.153. The monoisotopic (exact) mass is 359 g/mol. The number of aliphatic hydroxyl groups is 1. The van der Waals surface area contributed by atoms with Gasteiger partial charge in [-0.05, 0) is 12.1 Å². The zero-order valence-electron chi connectivity index (χ0n) is 13.0. The van der Waals surface area contributed by atoms with Crippen molar-refractivity contribution in [2.45, 2.75) is 18.0 Å². The van der Waals surface area contributed by atoms with E-state index in [1.165, 1.54) is 17.0 Å². The lowest BCUT2D eigenvalue weighted by Gasteiger charge is -2.34. The van der Waals surface area contributed by atoms with Gasteiger partial charge >= 0.3 is 12.0 Å². The van der Waals surface area contributed by atoms with Crippen molar-refractivity contribution in [3.63, 3.8) is 0 Å². The highest BCUT2D eigenvalue weighted by Crippen LogP contribution is 2.39. The number of oxime groups is 1. The van der Waals surface area contributed by atoms with Gasteiger partial charge < -0.3 is 24.9 Å². The van der Waals surface area contributed by atoms with Gasteiger partial charge in [-0.25, -0.2) is 0 Å². The number of morpholine rings is 1. The lowest BCUT2D eigenvalue weighted by atomic mass is 10.0. The minimum Gasteiger partial charge on any atom is -0.378 e. The number of amidine groups is 1. The van der Waals surface area contributed by atoms with Crippen LogP contribution in [-0.2, 0) is 9.57 Å². The highest BCUT2D eigenvalue weighted by atomic mass is 19.4. The van der Waals surface area contributed by atoms with Crippen LogP contribution in [0.1, 0.15) is 10.4 Å². The van der Waals surface area contributed by atoms with E-state index in [0.29, 0.717) is 13.2 Å². The minimum absolute atomic E-state index is 0.153. The fraction of sp³-hybridized carbons (Fsp3) is 0.467. The SMILES string of the molecule is O=C(N[C@@H]1C(N2CCOCC2)=NO[C@]1(O)C(F)(F)F)c1ccccc1. The quantitative estimate of drug-likeness (QED) is 0.813. The fourth-order valence-corrected chi connectivity index (χ4v) is 2.61. The number of rotatable bonds is 2. The molecule has 1 aromatic carbocycles. The number of hydrogen-bond acceptors (Lipinski definition) is 6. The second-order valence-electron chi connectivity index (χ2n) is 5.61. The number of benzene rings is 1. The van der Waals surface area contributed by atoms with Crippen molar-refractivity contribution < 1.29 is 32.6 Å². The van der Waals surface area contributed by atoms with Crippen molar-refractivity contribution in [3.05, 3.63) is 35.9 Å². The normalized spacial score (nSPS) is 26.8. The van der Waals surface area contributed by atoms with Crippen LogP contribution in [0.25, 0.3) is 0 Å². The molecular weight excluding hydrogens is 343 g/mol. The summed E-state index contributed by atoms with van der Waals surface area (Å²) < 4.78 is 45.2. The first-order valence-electron chi connectivity index (χ1n) is 7.57. The first-order valence-corrected chi connectivity index (χ1v) is 7.57. The third kappa shape index (κ3) is 3.27. The fourth-order valence-electron chi connectivity index (χ4n) is 2.61. The molecule has 0 aromatic heterocycles. The van der Waals surface area contributed by atoms with E-state index < -0.39 is 23.9 Å². The highest BCUT2D eigenvalue weighted by Gasteiger charge is 2.68. The van der Waals surface area contributed by atoms with Crippen LogP contribution < -0.4 is 5.32 Å². The summed E-state index contributed by atoms with van der Waals surface area (Å²) in [6, 6.07) is 5.83. The molecule has 0 unspecified atom stereocenters. The average Bonchev–Trinajstić information content (AvgIpc) is 2.94. The Balaban J connectivity index is 1.87. The van der Waals surface area contributed by atoms with Crippen LogP contribution in [-0.4, -0.2) is 66.1 Å². The molecule has 2 aliphatic heterocycles. The number of nitrogens with one attached hydrogen (secondary N) is 1. The third-order valence-electron chi connectivity index (χ3n) is 3.98. The number of amides is 1. The molecule has 2 aliphatic rings. The van der Waals surface area contributed by atoms with Crippen LogP contribution in [0.15, 0.2) is 35.5 Å². The molecule has 7 nitrogen and oxygen atoms in total. The van der Waals surface area contributed by atoms with Gasteiger partial charge in [-0.15, -0.1) is 0 Å². The molecule has 10 heteroatoms. The van der Waals surface area contributed by atoms with E-state index in [2.05, 4.69) is 15.3 Å². The van der Waals surface area contributed by atoms with Gasteiger partial charge in [0, 0.05) is 18.7 Å². The zero-order valence-corrected chi connectivity index (χ0v) is 13.0. The Labute approximate surface area is 141 Å². The molecule has 1 saturated heterocycles. The lowest BCUT2D eigenvalue weighted by Crippen LogP contribution is -2.64. The van der Waals surface area contributed by atoms with Crippen molar-refractivity contribution >= 4 is 11.7 Å². The highest BCUT2D eigenvalue weighted by molar-refractivity contribution is 5.99. The number of carbonyl (C=O) groups is 1. The number of halogens is 3. The second kappa shape index (κ2) is 6.52. The summed E-state index contributed by atoms with van der Waals surface area (Å²) in [6.45, 7) is 1.13. The summed E-state index contributed by atoms with van der Waals surface area (Å²) >= 11 is 0. The number of nitrogens with zero attached hydrogens (tertiary/aromatic N) is 2. The van der Waals surface area contributed by atoms with E-state index in [1.807, 2.05) is 0 Å². The van der Waals surface area contributed by atoms with Gasteiger partial charge in [-0.3, -0.25) is 4.79 Å². The second-order valence-corrected chi connectivity index (χ2v) is 5.61. The predicted molar refractivity (Wildman–Crippen MR) is 79.6 cm³/mol. The van der Waals surface area contributed by atoms with Crippen molar-refractivity contribution in [3.8, 4) is 0 Å². The lowest BCUT2D eigenvalue weighted by molar-refractivity contribution is -0.361. The molecule has 136 valence electrons. The Morgan fingerprint density at radius 2 is 1.92 bits per heavy atom. The minimum atomic E-state index is -5.15. The van der Waals surface area contributed by atoms with Crippen LogP contribution in [0.5, 0.6) is 0 Å². The van der Waals surface area contributed by atoms with E-state index in [-0.39, 0.29) is 24.5 Å². The molecular formula is C15H16F3N3O4. The molecule has 2 atom stereocenters. The molecule has 0 spiro atoms. The Morgan fingerprint density at radius 3 is 2.52 bits per heavy atom. The summed E-state index contributed by atoms with van der Waals surface area (Å²) in [5, 5.41) is 15.7. The molecule has 0 aliphatic carbocycles. The Kier molecular flexibility index (Phi) is 4.56. The largest absolute Gasteiger partial charge is 0.460 e. The molecule has 1 fully saturated rings. The Hall–Kier alpha value is -2.33. The van der Waals surface area contributed by atoms with Crippen LogP contribution in [0.4, 0.5) is 13.2 Å². The van der Waals surface area contributed by atoms with Gasteiger partial charge in [0.05, 0.1) is 13.2 Å². The Morgan fingerprint density at radius 1 is 1.28 bits per heavy atom. The molecule has 25 heavy (non-hydrogen) atoms. The number of carbonyl (C=O) groups excluding carboxylic acids is 1. The Bertz CT molecular complexity index is 662. The van der Waals surface area contributed by atoms with Gasteiger partial charge in [-0.1, -0.05) is 23.4 Å². The van der Waals surface area contributed by atoms with Gasteiger partial charge in [0.15, 0.2) is 11.9 Å². The molecule has 0 radical (unpaired) electrons. The molecule has 1 aromatic rings. The molecule has 0 saturated carbocycles. The number of ether oxygens (including phenoxy) is 1. The van der Waals surface area contributed by atoms with Crippen molar-refractivity contribution in [1.82, 2.24) is 10.2 Å². The van der Waals surface area contributed by atoms with Crippen LogP contribution >= 0.6 is 0 Å². The first-order chi connectivity index (χ1) is 11.8. The zero-order chi connectivity index (χ0) is 18.1. The summed E-state index contributed by atoms with van der Waals surface area (Å²) in [5.74, 6) is -4.60. The van der Waals surface area contributed by atoms with Gasteiger partial charge in [0.25, 0.3) is 5.91 Å². The maximum Gasteiger partial charge on any atom is 0.460 e. The third-order valence-corrected chi connectivity index (χ3v) is 3.98. The molecule has 2 heterocycles. The van der Waals surface area contributed by atoms with Gasteiger partial charge in [0.1, 0.15) is 0 Å². The topological polar surface area (TPSA) is 83.4 Å². The smallest absolute Gasteiger partial charge is 0.378 e. The predicted octanol–water partition coefficient (Wildman–Crippen LogP) is 0.712. The maximum absolute atomic E-state index is 13.3. The maximum atomic E-state index is 13.3. The summed E-state index contributed by atoms with van der Waals surface area (Å²) in [7, 11) is 0. The van der Waals surface area contributed by atoms with Crippen molar-refractivity contribution in [1.29, 1.82) is 0 Å². The van der Waals surface area contributed by atoms with E-state index in [1.54, 1.807) is 18.2 Å². The molecule has 0 bridgehead atoms.